The fourth-order valence-electron chi connectivity index (χ4n) is 3.32. The first-order valence-corrected chi connectivity index (χ1v) is 10.7. The van der Waals surface area contributed by atoms with Gasteiger partial charge in [0.25, 0.3) is 0 Å². The van der Waals surface area contributed by atoms with Crippen molar-refractivity contribution in [2.24, 2.45) is 5.92 Å². The molecular weight excluding hydrogens is 280 g/mol. The van der Waals surface area contributed by atoms with Crippen molar-refractivity contribution >= 4 is 6.29 Å². The van der Waals surface area contributed by atoms with Gasteiger partial charge in [-0.2, -0.15) is 0 Å². The molecule has 0 aromatic carbocycles. The van der Waals surface area contributed by atoms with E-state index in [1.54, 1.807) is 0 Å². The van der Waals surface area contributed by atoms with Gasteiger partial charge in [0.1, 0.15) is 6.29 Å². The molecule has 0 bridgehead atoms. The highest BCUT2D eigenvalue weighted by atomic mass is 16.1. The molecular formula is C22H44O. The number of rotatable bonds is 19. The average Bonchev–Trinajstić information content (AvgIpc) is 2.54. The van der Waals surface area contributed by atoms with Gasteiger partial charge < -0.3 is 4.79 Å². The molecule has 0 saturated carbocycles. The molecule has 0 aromatic rings. The lowest BCUT2D eigenvalue weighted by Crippen LogP contribution is -1.95. The van der Waals surface area contributed by atoms with Crippen molar-refractivity contribution in [3.63, 3.8) is 0 Å². The second-order valence-corrected chi connectivity index (χ2v) is 7.60. The molecule has 0 aliphatic carbocycles. The molecule has 138 valence electrons. The maximum atomic E-state index is 10.4. The van der Waals surface area contributed by atoms with Gasteiger partial charge in [-0.15, -0.1) is 0 Å². The first-order valence-electron chi connectivity index (χ1n) is 10.7. The van der Waals surface area contributed by atoms with Crippen LogP contribution in [-0.2, 0) is 4.79 Å². The van der Waals surface area contributed by atoms with E-state index in [0.29, 0.717) is 5.92 Å². The predicted octanol–water partition coefficient (Wildman–Crippen LogP) is 7.86. The summed E-state index contributed by atoms with van der Waals surface area (Å²) in [4.78, 5) is 10.4. The third-order valence-corrected chi connectivity index (χ3v) is 5.05. The second-order valence-electron chi connectivity index (χ2n) is 7.60. The number of unbranched alkanes of at least 4 members (excludes halogenated alkanes) is 15. The van der Waals surface area contributed by atoms with Gasteiger partial charge in [0.05, 0.1) is 0 Å². The zero-order valence-electron chi connectivity index (χ0n) is 16.3. The van der Waals surface area contributed by atoms with Crippen molar-refractivity contribution in [3.8, 4) is 0 Å². The molecule has 0 N–H and O–H groups in total. The van der Waals surface area contributed by atoms with Crippen molar-refractivity contribution < 1.29 is 4.79 Å². The van der Waals surface area contributed by atoms with Crippen molar-refractivity contribution in [2.45, 2.75) is 129 Å². The van der Waals surface area contributed by atoms with Gasteiger partial charge in [-0.25, -0.2) is 0 Å². The standard InChI is InChI=1S/C22H44O/c1-3-4-5-6-7-8-9-10-11-12-13-14-15-16-17-18-19-22(2)20-21-23/h21-22H,3-20H2,1-2H3. The molecule has 0 spiro atoms. The molecule has 1 heteroatoms. The first kappa shape index (κ1) is 22.7. The van der Waals surface area contributed by atoms with E-state index in [1.807, 2.05) is 0 Å². The van der Waals surface area contributed by atoms with E-state index in [9.17, 15) is 4.79 Å². The van der Waals surface area contributed by atoms with Gasteiger partial charge in [0.2, 0.25) is 0 Å². The third kappa shape index (κ3) is 19.6. The molecule has 0 amide bonds. The average molecular weight is 325 g/mol. The van der Waals surface area contributed by atoms with Crippen LogP contribution in [0, 0.1) is 5.92 Å². The van der Waals surface area contributed by atoms with Crippen LogP contribution in [0.1, 0.15) is 129 Å². The lowest BCUT2D eigenvalue weighted by Gasteiger charge is -2.07. The molecule has 0 aromatic heterocycles. The fourth-order valence-corrected chi connectivity index (χ4v) is 3.32. The van der Waals surface area contributed by atoms with Gasteiger partial charge >= 0.3 is 0 Å². The summed E-state index contributed by atoms with van der Waals surface area (Å²) in [6, 6.07) is 0. The monoisotopic (exact) mass is 324 g/mol. The van der Waals surface area contributed by atoms with Gasteiger partial charge in [-0.3, -0.25) is 0 Å². The second kappa shape index (κ2) is 19.7. The molecule has 23 heavy (non-hydrogen) atoms. The number of carbonyl (C=O) groups is 1. The van der Waals surface area contributed by atoms with Gasteiger partial charge in [0.15, 0.2) is 0 Å². The minimum Gasteiger partial charge on any atom is -0.303 e. The maximum Gasteiger partial charge on any atom is 0.120 e. The van der Waals surface area contributed by atoms with Crippen LogP contribution in [0.3, 0.4) is 0 Å². The quantitative estimate of drug-likeness (QED) is 0.174. The van der Waals surface area contributed by atoms with Crippen molar-refractivity contribution in [3.05, 3.63) is 0 Å². The van der Waals surface area contributed by atoms with Crippen LogP contribution < -0.4 is 0 Å². The Bertz CT molecular complexity index is 224. The maximum absolute atomic E-state index is 10.4. The zero-order valence-corrected chi connectivity index (χ0v) is 16.3. The summed E-state index contributed by atoms with van der Waals surface area (Å²) in [7, 11) is 0. The van der Waals surface area contributed by atoms with Crippen LogP contribution >= 0.6 is 0 Å². The SMILES string of the molecule is CCCCCCCCCCCCCCCCCCC(C)CC=O. The van der Waals surface area contributed by atoms with Crippen LogP contribution in [0.15, 0.2) is 0 Å². The molecule has 0 rings (SSSR count). The molecule has 1 nitrogen and oxygen atoms in total. The van der Waals surface area contributed by atoms with Crippen LogP contribution in [-0.4, -0.2) is 6.29 Å². The summed E-state index contributed by atoms with van der Waals surface area (Å²) in [6.45, 7) is 4.48. The molecule has 0 radical (unpaired) electrons. The van der Waals surface area contributed by atoms with Crippen LogP contribution in [0.4, 0.5) is 0 Å². The van der Waals surface area contributed by atoms with E-state index >= 15 is 0 Å². The Hall–Kier alpha value is -0.330. The van der Waals surface area contributed by atoms with Crippen LogP contribution in [0.2, 0.25) is 0 Å². The summed E-state index contributed by atoms with van der Waals surface area (Å²) in [5.74, 6) is 0.596. The molecule has 0 heterocycles. The van der Waals surface area contributed by atoms with E-state index < -0.39 is 0 Å². The minimum absolute atomic E-state index is 0.596. The highest BCUT2D eigenvalue weighted by Crippen LogP contribution is 2.15. The van der Waals surface area contributed by atoms with E-state index in [2.05, 4.69) is 13.8 Å². The predicted molar refractivity (Wildman–Crippen MR) is 104 cm³/mol. The van der Waals surface area contributed by atoms with Crippen molar-refractivity contribution in [2.75, 3.05) is 0 Å². The zero-order chi connectivity index (χ0) is 17.0. The Morgan fingerprint density at radius 3 is 1.30 bits per heavy atom. The number of carbonyl (C=O) groups excluding carboxylic acids is 1. The van der Waals surface area contributed by atoms with Crippen LogP contribution in [0.5, 0.6) is 0 Å². The number of hydrogen-bond acceptors (Lipinski definition) is 1. The Morgan fingerprint density at radius 1 is 0.609 bits per heavy atom. The largest absolute Gasteiger partial charge is 0.303 e. The van der Waals surface area contributed by atoms with Crippen molar-refractivity contribution in [1.29, 1.82) is 0 Å². The number of hydrogen-bond donors (Lipinski definition) is 0. The van der Waals surface area contributed by atoms with Crippen LogP contribution in [0.25, 0.3) is 0 Å². The Morgan fingerprint density at radius 2 is 0.957 bits per heavy atom. The molecule has 0 saturated heterocycles. The number of aldehydes is 1. The van der Waals surface area contributed by atoms with Gasteiger partial charge in [-0.1, -0.05) is 123 Å². The van der Waals surface area contributed by atoms with E-state index in [-0.39, 0.29) is 0 Å². The molecule has 1 unspecified atom stereocenters. The topological polar surface area (TPSA) is 17.1 Å². The summed E-state index contributed by atoms with van der Waals surface area (Å²) < 4.78 is 0. The summed E-state index contributed by atoms with van der Waals surface area (Å²) >= 11 is 0. The molecule has 0 aliphatic rings. The normalized spacial score (nSPS) is 12.4. The van der Waals surface area contributed by atoms with E-state index in [0.717, 1.165) is 12.7 Å². The Balaban J connectivity index is 3.01. The van der Waals surface area contributed by atoms with Gasteiger partial charge in [0, 0.05) is 6.42 Å². The minimum atomic E-state index is 0.596. The third-order valence-electron chi connectivity index (χ3n) is 5.05. The summed E-state index contributed by atoms with van der Waals surface area (Å²) in [5.41, 5.74) is 0. The Kier molecular flexibility index (Phi) is 19.4. The molecule has 1 atom stereocenters. The lowest BCUT2D eigenvalue weighted by atomic mass is 9.99. The summed E-state index contributed by atoms with van der Waals surface area (Å²) in [6.07, 6.45) is 25.9. The fraction of sp³-hybridized carbons (Fsp3) is 0.955. The van der Waals surface area contributed by atoms with Crippen molar-refractivity contribution in [1.82, 2.24) is 0 Å². The lowest BCUT2D eigenvalue weighted by molar-refractivity contribution is -0.108. The molecule has 0 fully saturated rings. The smallest absolute Gasteiger partial charge is 0.120 e. The molecule has 0 aliphatic heterocycles. The highest BCUT2D eigenvalue weighted by Gasteiger charge is 2.00. The summed E-state index contributed by atoms with van der Waals surface area (Å²) in [5, 5.41) is 0. The van der Waals surface area contributed by atoms with E-state index in [4.69, 9.17) is 0 Å². The Labute approximate surface area is 147 Å². The van der Waals surface area contributed by atoms with Gasteiger partial charge in [-0.05, 0) is 5.92 Å². The highest BCUT2D eigenvalue weighted by molar-refractivity contribution is 5.49. The first-order chi connectivity index (χ1) is 11.3. The van der Waals surface area contributed by atoms with E-state index in [1.165, 1.54) is 109 Å².